The number of rotatable bonds is 8. The van der Waals surface area contributed by atoms with E-state index < -0.39 is 5.91 Å². The predicted molar refractivity (Wildman–Crippen MR) is 108 cm³/mol. The van der Waals surface area contributed by atoms with Crippen molar-refractivity contribution in [2.45, 2.75) is 6.54 Å². The van der Waals surface area contributed by atoms with E-state index in [2.05, 4.69) is 16.0 Å². The number of furan rings is 1. The van der Waals surface area contributed by atoms with Crippen molar-refractivity contribution in [3.8, 4) is 11.1 Å². The maximum atomic E-state index is 12.2. The Kier molecular flexibility index (Phi) is 6.78. The van der Waals surface area contributed by atoms with E-state index in [1.165, 1.54) is 6.26 Å². The zero-order valence-electron chi connectivity index (χ0n) is 15.7. The largest absolute Gasteiger partial charge is 0.467 e. The summed E-state index contributed by atoms with van der Waals surface area (Å²) in [5.74, 6) is -0.540. The van der Waals surface area contributed by atoms with Crippen LogP contribution in [0, 0.1) is 0 Å². The number of carbonyl (C=O) groups is 3. The van der Waals surface area contributed by atoms with Gasteiger partial charge in [0.1, 0.15) is 5.76 Å². The van der Waals surface area contributed by atoms with E-state index in [9.17, 15) is 14.4 Å². The van der Waals surface area contributed by atoms with Gasteiger partial charge in [0.25, 0.3) is 5.91 Å². The van der Waals surface area contributed by atoms with Gasteiger partial charge in [-0.1, -0.05) is 42.5 Å². The van der Waals surface area contributed by atoms with Crippen LogP contribution >= 0.6 is 0 Å². The molecular formula is C22H21N3O4. The van der Waals surface area contributed by atoms with Crippen LogP contribution in [0.25, 0.3) is 11.1 Å². The summed E-state index contributed by atoms with van der Waals surface area (Å²) in [4.78, 5) is 35.7. The molecule has 2 aromatic carbocycles. The Bertz CT molecular complexity index is 951. The molecule has 0 fully saturated rings. The highest BCUT2D eigenvalue weighted by atomic mass is 16.3. The normalized spacial score (nSPS) is 10.2. The van der Waals surface area contributed by atoms with Crippen molar-refractivity contribution in [3.05, 3.63) is 84.3 Å². The van der Waals surface area contributed by atoms with Crippen molar-refractivity contribution < 1.29 is 18.8 Å². The third-order valence-electron chi connectivity index (χ3n) is 4.15. The summed E-state index contributed by atoms with van der Waals surface area (Å²) < 4.78 is 5.10. The van der Waals surface area contributed by atoms with Crippen LogP contribution in [0.4, 0.5) is 0 Å². The van der Waals surface area contributed by atoms with Gasteiger partial charge < -0.3 is 20.4 Å². The fraction of sp³-hybridized carbons (Fsp3) is 0.136. The van der Waals surface area contributed by atoms with E-state index in [1.54, 1.807) is 24.3 Å². The molecule has 0 aliphatic rings. The Balaban J connectivity index is 1.39. The average molecular weight is 391 g/mol. The maximum Gasteiger partial charge on any atom is 0.251 e. The van der Waals surface area contributed by atoms with Crippen LogP contribution in [-0.4, -0.2) is 30.8 Å². The molecule has 7 heteroatoms. The molecule has 0 spiro atoms. The quantitative estimate of drug-likeness (QED) is 0.547. The number of hydrogen-bond donors (Lipinski definition) is 3. The number of amides is 3. The van der Waals surface area contributed by atoms with E-state index in [1.807, 2.05) is 42.5 Å². The minimum absolute atomic E-state index is 0.179. The highest BCUT2D eigenvalue weighted by molar-refractivity contribution is 5.97. The lowest BCUT2D eigenvalue weighted by molar-refractivity contribution is -0.125. The molecule has 1 aromatic heterocycles. The molecule has 3 rings (SSSR count). The summed E-state index contributed by atoms with van der Waals surface area (Å²) in [6, 6.07) is 20.4. The smallest absolute Gasteiger partial charge is 0.251 e. The Morgan fingerprint density at radius 2 is 1.34 bits per heavy atom. The van der Waals surface area contributed by atoms with Gasteiger partial charge in [-0.3, -0.25) is 14.4 Å². The maximum absolute atomic E-state index is 12.2. The van der Waals surface area contributed by atoms with E-state index in [-0.39, 0.29) is 31.4 Å². The van der Waals surface area contributed by atoms with Crippen LogP contribution in [0.5, 0.6) is 0 Å². The summed E-state index contributed by atoms with van der Waals surface area (Å²) in [6.07, 6.45) is 1.52. The summed E-state index contributed by atoms with van der Waals surface area (Å²) in [5.41, 5.74) is 2.51. The van der Waals surface area contributed by atoms with Gasteiger partial charge in [0, 0.05) is 5.56 Å². The summed E-state index contributed by atoms with van der Waals surface area (Å²) in [7, 11) is 0. The molecule has 0 aliphatic heterocycles. The summed E-state index contributed by atoms with van der Waals surface area (Å²) >= 11 is 0. The van der Waals surface area contributed by atoms with Crippen molar-refractivity contribution in [1.29, 1.82) is 0 Å². The van der Waals surface area contributed by atoms with Gasteiger partial charge in [-0.2, -0.15) is 0 Å². The van der Waals surface area contributed by atoms with Gasteiger partial charge in [0.05, 0.1) is 25.9 Å². The van der Waals surface area contributed by atoms with Crippen molar-refractivity contribution in [2.24, 2.45) is 0 Å². The topological polar surface area (TPSA) is 100 Å². The third kappa shape index (κ3) is 6.07. The number of benzene rings is 2. The van der Waals surface area contributed by atoms with Crippen molar-refractivity contribution in [2.75, 3.05) is 13.1 Å². The van der Waals surface area contributed by atoms with Gasteiger partial charge in [0.2, 0.25) is 11.8 Å². The van der Waals surface area contributed by atoms with E-state index in [0.717, 1.165) is 11.1 Å². The first-order chi connectivity index (χ1) is 14.1. The van der Waals surface area contributed by atoms with Gasteiger partial charge >= 0.3 is 0 Å². The number of carbonyl (C=O) groups excluding carboxylic acids is 3. The molecule has 148 valence electrons. The summed E-state index contributed by atoms with van der Waals surface area (Å²) in [5, 5.41) is 7.61. The standard InChI is InChI=1S/C22H21N3O4/c26-20(23-13-19-7-4-12-29-19)14-24-21(27)15-25-22(28)18-10-8-17(9-11-18)16-5-2-1-3-6-16/h1-12H,13-15H2,(H,23,26)(H,24,27)(H,25,28). The zero-order chi connectivity index (χ0) is 20.5. The Labute approximate surface area is 168 Å². The first kappa shape index (κ1) is 19.9. The molecule has 0 bridgehead atoms. The average Bonchev–Trinajstić information content (AvgIpc) is 3.29. The van der Waals surface area contributed by atoms with E-state index in [0.29, 0.717) is 11.3 Å². The first-order valence-corrected chi connectivity index (χ1v) is 9.11. The lowest BCUT2D eigenvalue weighted by Crippen LogP contribution is -2.41. The van der Waals surface area contributed by atoms with Gasteiger partial charge in [-0.05, 0) is 35.4 Å². The van der Waals surface area contributed by atoms with Crippen LogP contribution in [0.2, 0.25) is 0 Å². The molecule has 0 saturated carbocycles. The second kappa shape index (κ2) is 9.89. The Morgan fingerprint density at radius 3 is 2.03 bits per heavy atom. The Morgan fingerprint density at radius 1 is 0.690 bits per heavy atom. The van der Waals surface area contributed by atoms with Crippen molar-refractivity contribution in [1.82, 2.24) is 16.0 Å². The summed E-state index contributed by atoms with van der Waals surface area (Å²) in [6.45, 7) is -0.149. The molecule has 0 saturated heterocycles. The number of hydrogen-bond acceptors (Lipinski definition) is 4. The highest BCUT2D eigenvalue weighted by Crippen LogP contribution is 2.19. The molecule has 0 radical (unpaired) electrons. The molecule has 3 amide bonds. The van der Waals surface area contributed by atoms with Crippen molar-refractivity contribution in [3.63, 3.8) is 0 Å². The van der Waals surface area contributed by atoms with Crippen LogP contribution in [0.1, 0.15) is 16.1 Å². The lowest BCUT2D eigenvalue weighted by Gasteiger charge is -2.08. The molecule has 3 aromatic rings. The minimum atomic E-state index is -0.451. The second-order valence-electron chi connectivity index (χ2n) is 6.26. The molecular weight excluding hydrogens is 370 g/mol. The van der Waals surface area contributed by atoms with Crippen LogP contribution in [0.15, 0.2) is 77.4 Å². The van der Waals surface area contributed by atoms with Gasteiger partial charge in [0.15, 0.2) is 0 Å². The monoisotopic (exact) mass is 391 g/mol. The van der Waals surface area contributed by atoms with Crippen LogP contribution < -0.4 is 16.0 Å². The zero-order valence-corrected chi connectivity index (χ0v) is 15.7. The predicted octanol–water partition coefficient (Wildman–Crippen LogP) is 2.11. The van der Waals surface area contributed by atoms with Gasteiger partial charge in [-0.15, -0.1) is 0 Å². The molecule has 1 heterocycles. The first-order valence-electron chi connectivity index (χ1n) is 9.11. The Hall–Kier alpha value is -3.87. The fourth-order valence-corrected chi connectivity index (χ4v) is 2.61. The lowest BCUT2D eigenvalue weighted by atomic mass is 10.0. The van der Waals surface area contributed by atoms with E-state index in [4.69, 9.17) is 4.42 Å². The van der Waals surface area contributed by atoms with Crippen molar-refractivity contribution >= 4 is 17.7 Å². The van der Waals surface area contributed by atoms with Crippen LogP contribution in [0.3, 0.4) is 0 Å². The molecule has 3 N–H and O–H groups in total. The van der Waals surface area contributed by atoms with Crippen LogP contribution in [-0.2, 0) is 16.1 Å². The third-order valence-corrected chi connectivity index (χ3v) is 4.15. The molecule has 0 aliphatic carbocycles. The minimum Gasteiger partial charge on any atom is -0.467 e. The second-order valence-corrected chi connectivity index (χ2v) is 6.26. The highest BCUT2D eigenvalue weighted by Gasteiger charge is 2.10. The fourth-order valence-electron chi connectivity index (χ4n) is 2.61. The molecule has 0 unspecified atom stereocenters. The molecule has 7 nitrogen and oxygen atoms in total. The molecule has 29 heavy (non-hydrogen) atoms. The van der Waals surface area contributed by atoms with Gasteiger partial charge in [-0.25, -0.2) is 0 Å². The SMILES string of the molecule is O=C(CNC(=O)CNC(=O)c1ccc(-c2ccccc2)cc1)NCc1ccco1. The van der Waals surface area contributed by atoms with E-state index >= 15 is 0 Å². The molecule has 0 atom stereocenters. The number of nitrogens with one attached hydrogen (secondary N) is 3.